The van der Waals surface area contributed by atoms with Crippen molar-refractivity contribution in [3.05, 3.63) is 44.8 Å². The molecule has 1 saturated carbocycles. The van der Waals surface area contributed by atoms with Crippen LogP contribution in [0.25, 0.3) is 4.96 Å². The summed E-state index contributed by atoms with van der Waals surface area (Å²) < 4.78 is 17.8. The fourth-order valence-electron chi connectivity index (χ4n) is 3.69. The fourth-order valence-corrected chi connectivity index (χ4v) is 4.78. The number of fused-ring (bicyclic) bond motifs is 1. The summed E-state index contributed by atoms with van der Waals surface area (Å²) in [6, 6.07) is 5.52. The Bertz CT molecular complexity index is 1100. The Hall–Kier alpha value is -2.65. The largest absolute Gasteiger partial charge is 0.493 e. The van der Waals surface area contributed by atoms with Gasteiger partial charge in [0.05, 0.1) is 27.0 Å². The third-order valence-corrected chi connectivity index (χ3v) is 6.37. The first-order valence-electron chi connectivity index (χ1n) is 10.5. The monoisotopic (exact) mass is 444 g/mol. The normalized spacial score (nSPS) is 13.7. The number of benzene rings is 1. The smallest absolute Gasteiger partial charge is 0.275 e. The van der Waals surface area contributed by atoms with E-state index in [0.717, 1.165) is 42.1 Å². The van der Waals surface area contributed by atoms with Gasteiger partial charge in [-0.05, 0) is 43.5 Å². The summed E-state index contributed by atoms with van der Waals surface area (Å²) in [5, 5.41) is 5.48. The molecule has 166 valence electrons. The second kappa shape index (κ2) is 9.23. The van der Waals surface area contributed by atoms with Crippen LogP contribution in [-0.2, 0) is 13.1 Å². The molecule has 2 aromatic heterocycles. The average Bonchev–Trinajstić information content (AvgIpc) is 3.52. The number of rotatable bonds is 10. The van der Waals surface area contributed by atoms with E-state index in [9.17, 15) is 4.79 Å². The van der Waals surface area contributed by atoms with Gasteiger partial charge < -0.3 is 14.2 Å². The molecule has 0 N–H and O–H groups in total. The molecule has 1 aliphatic carbocycles. The molecule has 1 aliphatic rings. The number of methoxy groups -OCH3 is 3. The SMILES string of the molecule is CCCN(Cc1cc(OC)c(OC)c(OC)c1)Cc1cc(=O)n2nc(C3CC3)sc2n1. The topological polar surface area (TPSA) is 78.2 Å². The summed E-state index contributed by atoms with van der Waals surface area (Å²) in [7, 11) is 4.82. The Morgan fingerprint density at radius 2 is 1.81 bits per heavy atom. The Morgan fingerprint density at radius 1 is 1.10 bits per heavy atom. The summed E-state index contributed by atoms with van der Waals surface area (Å²) in [5.41, 5.74) is 1.68. The lowest BCUT2D eigenvalue weighted by Crippen LogP contribution is -2.26. The van der Waals surface area contributed by atoms with Crippen LogP contribution in [0.2, 0.25) is 0 Å². The molecule has 9 heteroatoms. The van der Waals surface area contributed by atoms with Gasteiger partial charge in [-0.3, -0.25) is 9.69 Å². The van der Waals surface area contributed by atoms with Crippen molar-refractivity contribution in [1.82, 2.24) is 19.5 Å². The minimum atomic E-state index is -0.118. The van der Waals surface area contributed by atoms with E-state index in [4.69, 9.17) is 19.2 Å². The standard InChI is InChI=1S/C22H28N4O4S/c1-5-8-25(12-14-9-17(28-2)20(30-4)18(10-14)29-3)13-16-11-19(27)26-22(23-16)31-21(24-26)15-6-7-15/h9-11,15H,5-8,12-13H2,1-4H3. The van der Waals surface area contributed by atoms with E-state index in [1.807, 2.05) is 12.1 Å². The van der Waals surface area contributed by atoms with E-state index in [1.54, 1.807) is 27.4 Å². The zero-order chi connectivity index (χ0) is 22.0. The van der Waals surface area contributed by atoms with Crippen LogP contribution < -0.4 is 19.8 Å². The van der Waals surface area contributed by atoms with Crippen molar-refractivity contribution >= 4 is 16.3 Å². The number of hydrogen-bond donors (Lipinski definition) is 0. The summed E-state index contributed by atoms with van der Waals surface area (Å²) in [6.45, 7) is 4.25. The van der Waals surface area contributed by atoms with Gasteiger partial charge in [0.2, 0.25) is 10.7 Å². The Labute approximate surface area is 185 Å². The van der Waals surface area contributed by atoms with E-state index < -0.39 is 0 Å². The molecule has 0 atom stereocenters. The van der Waals surface area contributed by atoms with Gasteiger partial charge in [-0.1, -0.05) is 18.3 Å². The maximum Gasteiger partial charge on any atom is 0.275 e. The molecule has 0 amide bonds. The molecule has 4 rings (SSSR count). The number of nitrogens with zero attached hydrogens (tertiary/aromatic N) is 4. The Morgan fingerprint density at radius 3 is 2.39 bits per heavy atom. The molecule has 31 heavy (non-hydrogen) atoms. The highest BCUT2D eigenvalue weighted by atomic mass is 32.1. The first kappa shape index (κ1) is 21.6. The first-order valence-corrected chi connectivity index (χ1v) is 11.3. The van der Waals surface area contributed by atoms with E-state index in [-0.39, 0.29) is 5.56 Å². The molecule has 0 radical (unpaired) electrons. The van der Waals surface area contributed by atoms with Crippen molar-refractivity contribution in [2.75, 3.05) is 27.9 Å². The van der Waals surface area contributed by atoms with Crippen LogP contribution in [0.5, 0.6) is 17.2 Å². The predicted octanol–water partition coefficient (Wildman–Crippen LogP) is 3.47. The Kier molecular flexibility index (Phi) is 6.43. The molecule has 0 spiro atoms. The fraction of sp³-hybridized carbons (Fsp3) is 0.500. The highest BCUT2D eigenvalue weighted by Gasteiger charge is 2.28. The molecule has 0 aliphatic heterocycles. The van der Waals surface area contributed by atoms with E-state index in [1.165, 1.54) is 15.9 Å². The van der Waals surface area contributed by atoms with Gasteiger partial charge in [0.25, 0.3) is 5.56 Å². The van der Waals surface area contributed by atoms with Crippen LogP contribution in [-0.4, -0.2) is 47.4 Å². The van der Waals surface area contributed by atoms with Crippen molar-refractivity contribution in [2.24, 2.45) is 0 Å². The van der Waals surface area contributed by atoms with E-state index >= 15 is 0 Å². The second-order valence-corrected chi connectivity index (χ2v) is 8.73. The Balaban J connectivity index is 1.59. The molecule has 1 fully saturated rings. The average molecular weight is 445 g/mol. The zero-order valence-electron chi connectivity index (χ0n) is 18.4. The first-order chi connectivity index (χ1) is 15.1. The highest BCUT2D eigenvalue weighted by molar-refractivity contribution is 7.16. The highest BCUT2D eigenvalue weighted by Crippen LogP contribution is 2.41. The van der Waals surface area contributed by atoms with Crippen molar-refractivity contribution in [3.8, 4) is 17.2 Å². The van der Waals surface area contributed by atoms with Crippen molar-refractivity contribution in [1.29, 1.82) is 0 Å². The van der Waals surface area contributed by atoms with Gasteiger partial charge in [0, 0.05) is 25.1 Å². The lowest BCUT2D eigenvalue weighted by molar-refractivity contribution is 0.252. The molecule has 0 bridgehead atoms. The minimum Gasteiger partial charge on any atom is -0.493 e. The van der Waals surface area contributed by atoms with Gasteiger partial charge in [-0.25, -0.2) is 4.98 Å². The van der Waals surface area contributed by atoms with Gasteiger partial charge in [0.15, 0.2) is 11.5 Å². The summed E-state index contributed by atoms with van der Waals surface area (Å²) in [6.07, 6.45) is 3.29. The summed E-state index contributed by atoms with van der Waals surface area (Å²) in [4.78, 5) is 20.3. The van der Waals surface area contributed by atoms with Crippen LogP contribution >= 0.6 is 11.3 Å². The van der Waals surface area contributed by atoms with Gasteiger partial charge in [-0.15, -0.1) is 0 Å². The van der Waals surface area contributed by atoms with Crippen LogP contribution in [0, 0.1) is 0 Å². The molecule has 0 unspecified atom stereocenters. The summed E-state index contributed by atoms with van der Waals surface area (Å²) in [5.74, 6) is 2.34. The van der Waals surface area contributed by atoms with E-state index in [0.29, 0.717) is 41.2 Å². The number of hydrogen-bond acceptors (Lipinski definition) is 8. The van der Waals surface area contributed by atoms with Gasteiger partial charge >= 0.3 is 0 Å². The lowest BCUT2D eigenvalue weighted by Gasteiger charge is -2.22. The van der Waals surface area contributed by atoms with Crippen LogP contribution in [0.3, 0.4) is 0 Å². The van der Waals surface area contributed by atoms with Crippen molar-refractivity contribution < 1.29 is 14.2 Å². The minimum absolute atomic E-state index is 0.118. The van der Waals surface area contributed by atoms with Crippen molar-refractivity contribution in [2.45, 2.75) is 45.2 Å². The number of ether oxygens (including phenoxy) is 3. The molecular formula is C22H28N4O4S. The summed E-state index contributed by atoms with van der Waals surface area (Å²) >= 11 is 1.53. The van der Waals surface area contributed by atoms with Crippen LogP contribution in [0.15, 0.2) is 23.0 Å². The van der Waals surface area contributed by atoms with Gasteiger partial charge in [-0.2, -0.15) is 9.61 Å². The third kappa shape index (κ3) is 4.67. The van der Waals surface area contributed by atoms with Crippen LogP contribution in [0.1, 0.15) is 48.4 Å². The zero-order valence-corrected chi connectivity index (χ0v) is 19.2. The molecule has 3 aromatic rings. The maximum absolute atomic E-state index is 12.6. The van der Waals surface area contributed by atoms with Crippen LogP contribution in [0.4, 0.5) is 0 Å². The predicted molar refractivity (Wildman–Crippen MR) is 120 cm³/mol. The lowest BCUT2D eigenvalue weighted by atomic mass is 10.1. The van der Waals surface area contributed by atoms with Gasteiger partial charge in [0.1, 0.15) is 5.01 Å². The molecule has 2 heterocycles. The molecule has 1 aromatic carbocycles. The number of aromatic nitrogens is 3. The molecule has 0 saturated heterocycles. The quantitative estimate of drug-likeness (QED) is 0.474. The van der Waals surface area contributed by atoms with E-state index in [2.05, 4.69) is 16.9 Å². The molecular weight excluding hydrogens is 416 g/mol. The molecule has 8 nitrogen and oxygen atoms in total. The third-order valence-electron chi connectivity index (χ3n) is 5.30. The van der Waals surface area contributed by atoms with Crippen molar-refractivity contribution in [3.63, 3.8) is 0 Å². The second-order valence-electron chi connectivity index (χ2n) is 7.74. The maximum atomic E-state index is 12.6.